The van der Waals surface area contributed by atoms with Crippen molar-refractivity contribution in [1.29, 1.82) is 0 Å². The summed E-state index contributed by atoms with van der Waals surface area (Å²) in [4.78, 5) is 72.2. The average Bonchev–Trinajstić information content (AvgIpc) is 4.36. The highest BCUT2D eigenvalue weighted by molar-refractivity contribution is 6.30. The number of benzene rings is 4. The molecular formula is C65H63Cl2N7O4. The van der Waals surface area contributed by atoms with Gasteiger partial charge in [0, 0.05) is 54.1 Å². The van der Waals surface area contributed by atoms with E-state index in [1.54, 1.807) is 21.5 Å². The van der Waals surface area contributed by atoms with Crippen LogP contribution in [0.15, 0.2) is 156 Å². The number of halogens is 2. The molecule has 0 saturated heterocycles. The quantitative estimate of drug-likeness (QED) is 0.0789. The van der Waals surface area contributed by atoms with Crippen LogP contribution in [-0.4, -0.2) is 40.6 Å². The minimum absolute atomic E-state index is 0.0184. The van der Waals surface area contributed by atoms with Gasteiger partial charge in [0.1, 0.15) is 11.4 Å². The topological polar surface area (TPSA) is 142 Å². The maximum atomic E-state index is 13.7. The lowest BCUT2D eigenvalue weighted by Gasteiger charge is -2.17. The summed E-state index contributed by atoms with van der Waals surface area (Å²) in [6.45, 7) is 1.68. The lowest BCUT2D eigenvalue weighted by molar-refractivity contribution is -0.120. The lowest BCUT2D eigenvalue weighted by atomic mass is 9.90. The third-order valence-corrected chi connectivity index (χ3v) is 16.9. The first kappa shape index (κ1) is 52.9. The summed E-state index contributed by atoms with van der Waals surface area (Å²) in [5, 5.41) is 4.76. The van der Waals surface area contributed by atoms with Crippen molar-refractivity contribution >= 4 is 34.8 Å². The average molecular weight is 1080 g/mol. The standard InChI is InChI=1S/C33H32ClN3O2.C32H31ClN4O2/c34-27-12-10-26(11-13-27)33(17-18-33)16-15-30-32(39)37(31(21-36-30)24-5-2-1-3-6-24)22-28(38)14-9-23-19-25-7-4-8-29(25)35-20-23;33-26-9-7-25(8-10-26)32(14-15-32)13-12-28-31(39)37(30(20-36-28)23-4-2-1-3-5-23)21-27(38)11-6-22-16-24-18-34-19-29(24)35-17-22/h1-3,5-6,10-13,19-21H,4,7-9,14-18,22H2;1-5,7-10,16-17,20,34H,6,11-15,18-19,21H2. The van der Waals surface area contributed by atoms with Crippen LogP contribution in [0.5, 0.6) is 0 Å². The third kappa shape index (κ3) is 12.2. The first-order chi connectivity index (χ1) is 38.0. The molecule has 0 bridgehead atoms. The van der Waals surface area contributed by atoms with Crippen LogP contribution in [0.4, 0.5) is 0 Å². The number of nitrogens with zero attached hydrogens (tertiary/aromatic N) is 6. The molecule has 0 unspecified atom stereocenters. The lowest BCUT2D eigenvalue weighted by Crippen LogP contribution is -2.30. The number of carbonyl (C=O) groups is 2. The number of Topliss-reactive ketones (excluding diaryl/α,β-unsaturated/α-hetero) is 2. The molecule has 3 aliphatic carbocycles. The van der Waals surface area contributed by atoms with E-state index in [0.717, 1.165) is 109 Å². The van der Waals surface area contributed by atoms with E-state index in [1.807, 2.05) is 97.3 Å². The number of pyridine rings is 2. The normalized spacial score (nSPS) is 15.2. The summed E-state index contributed by atoms with van der Waals surface area (Å²) in [6, 6.07) is 39.8. The predicted molar refractivity (Wildman–Crippen MR) is 307 cm³/mol. The second-order valence-corrected chi connectivity index (χ2v) is 22.6. The summed E-state index contributed by atoms with van der Waals surface area (Å²) in [5.74, 6) is 0.0524. The number of nitrogens with one attached hydrogen (secondary N) is 1. The van der Waals surface area contributed by atoms with Gasteiger partial charge in [-0.3, -0.25) is 48.2 Å². The summed E-state index contributed by atoms with van der Waals surface area (Å²) in [6.07, 6.45) is 19.7. The van der Waals surface area contributed by atoms with Crippen LogP contribution in [0, 0.1) is 0 Å². The SMILES string of the molecule is O=C(CCc1cnc2c(c1)CCC2)Cn1c(-c2ccccc2)cnc(CCC2(c3ccc(Cl)cc3)CC2)c1=O.O=C(CCc1cnc2c(c1)CNC2)Cn1c(-c2ccccc2)cnc(CCC2(c3ccc(Cl)cc3)CC2)c1=O. The minimum atomic E-state index is -0.179. The third-order valence-electron chi connectivity index (χ3n) is 16.4. The molecule has 5 heterocycles. The van der Waals surface area contributed by atoms with Crippen molar-refractivity contribution in [2.45, 2.75) is 133 Å². The molecule has 0 spiro atoms. The second-order valence-electron chi connectivity index (χ2n) is 21.7. The Kier molecular flexibility index (Phi) is 15.9. The fraction of sp³-hybridized carbons (Fsp3) is 0.323. The molecule has 2 fully saturated rings. The van der Waals surface area contributed by atoms with Crippen LogP contribution >= 0.6 is 23.2 Å². The maximum absolute atomic E-state index is 13.7. The molecule has 8 aromatic rings. The molecule has 78 heavy (non-hydrogen) atoms. The van der Waals surface area contributed by atoms with E-state index in [4.69, 9.17) is 23.2 Å². The van der Waals surface area contributed by atoms with Gasteiger partial charge in [0.25, 0.3) is 11.1 Å². The molecule has 11 nitrogen and oxygen atoms in total. The van der Waals surface area contributed by atoms with Gasteiger partial charge in [0.2, 0.25) is 0 Å². The molecule has 2 saturated carbocycles. The summed E-state index contributed by atoms with van der Waals surface area (Å²) < 4.78 is 3.25. The molecule has 0 radical (unpaired) electrons. The van der Waals surface area contributed by atoms with Gasteiger partial charge in [-0.2, -0.15) is 0 Å². The predicted octanol–water partition coefficient (Wildman–Crippen LogP) is 11.7. The van der Waals surface area contributed by atoms with E-state index >= 15 is 0 Å². The molecule has 0 amide bonds. The van der Waals surface area contributed by atoms with E-state index in [2.05, 4.69) is 61.7 Å². The van der Waals surface area contributed by atoms with Crippen molar-refractivity contribution in [2.24, 2.45) is 0 Å². The molecule has 396 valence electrons. The van der Waals surface area contributed by atoms with Crippen molar-refractivity contribution in [3.63, 3.8) is 0 Å². The van der Waals surface area contributed by atoms with Crippen LogP contribution in [0.2, 0.25) is 10.0 Å². The van der Waals surface area contributed by atoms with Crippen molar-refractivity contribution < 1.29 is 9.59 Å². The first-order valence-electron chi connectivity index (χ1n) is 27.5. The Bertz CT molecular complexity index is 3350. The first-order valence-corrected chi connectivity index (χ1v) is 28.2. The second kappa shape index (κ2) is 23.4. The van der Waals surface area contributed by atoms with Gasteiger partial charge in [-0.1, -0.05) is 120 Å². The Morgan fingerprint density at radius 1 is 0.513 bits per heavy atom. The molecule has 0 atom stereocenters. The molecule has 12 rings (SSSR count). The van der Waals surface area contributed by atoms with E-state index < -0.39 is 0 Å². The van der Waals surface area contributed by atoms with Crippen molar-refractivity contribution in [3.05, 3.63) is 233 Å². The smallest absolute Gasteiger partial charge is 0.273 e. The number of ketones is 2. The van der Waals surface area contributed by atoms with Gasteiger partial charge in [0.05, 0.1) is 42.6 Å². The van der Waals surface area contributed by atoms with Gasteiger partial charge in [-0.25, -0.2) is 0 Å². The minimum Gasteiger partial charge on any atom is -0.307 e. The number of fused-ring (bicyclic) bond motifs is 2. The zero-order valence-electron chi connectivity index (χ0n) is 43.9. The Labute approximate surface area is 465 Å². The highest BCUT2D eigenvalue weighted by Gasteiger charge is 2.44. The van der Waals surface area contributed by atoms with Gasteiger partial charge in [-0.15, -0.1) is 0 Å². The monoisotopic (exact) mass is 1080 g/mol. The van der Waals surface area contributed by atoms with Gasteiger partial charge < -0.3 is 5.32 Å². The van der Waals surface area contributed by atoms with Crippen molar-refractivity contribution in [3.8, 4) is 22.5 Å². The maximum Gasteiger partial charge on any atom is 0.273 e. The van der Waals surface area contributed by atoms with Crippen molar-refractivity contribution in [1.82, 2.24) is 34.4 Å². The zero-order valence-corrected chi connectivity index (χ0v) is 45.4. The molecule has 13 heteroatoms. The highest BCUT2D eigenvalue weighted by Crippen LogP contribution is 2.52. The van der Waals surface area contributed by atoms with Crippen LogP contribution in [-0.2, 0) is 85.1 Å². The molecule has 4 aliphatic rings. The van der Waals surface area contributed by atoms with Crippen molar-refractivity contribution in [2.75, 3.05) is 0 Å². The number of aryl methyl sites for hydroxylation is 6. The van der Waals surface area contributed by atoms with Gasteiger partial charge in [-0.05, 0) is 163 Å². The molecule has 4 aromatic heterocycles. The molecule has 1 aliphatic heterocycles. The van der Waals surface area contributed by atoms with Crippen LogP contribution in [0.3, 0.4) is 0 Å². The number of carbonyl (C=O) groups excluding carboxylic acids is 2. The summed E-state index contributed by atoms with van der Waals surface area (Å²) in [5.41, 5.74) is 13.4. The van der Waals surface area contributed by atoms with E-state index in [1.165, 1.54) is 27.9 Å². The van der Waals surface area contributed by atoms with E-state index in [-0.39, 0.29) is 46.6 Å². The fourth-order valence-electron chi connectivity index (χ4n) is 11.4. The largest absolute Gasteiger partial charge is 0.307 e. The van der Waals surface area contributed by atoms with E-state index in [0.29, 0.717) is 61.3 Å². The summed E-state index contributed by atoms with van der Waals surface area (Å²) >= 11 is 12.2. The van der Waals surface area contributed by atoms with Crippen LogP contribution in [0.1, 0.15) is 114 Å². The summed E-state index contributed by atoms with van der Waals surface area (Å²) in [7, 11) is 0. The van der Waals surface area contributed by atoms with Crippen LogP contribution in [0.25, 0.3) is 22.5 Å². The number of rotatable bonds is 20. The Morgan fingerprint density at radius 2 is 0.974 bits per heavy atom. The fourth-order valence-corrected chi connectivity index (χ4v) is 11.7. The number of hydrogen-bond donors (Lipinski definition) is 1. The molecule has 4 aromatic carbocycles. The van der Waals surface area contributed by atoms with E-state index in [9.17, 15) is 19.2 Å². The zero-order chi connectivity index (χ0) is 53.6. The number of hydrogen-bond acceptors (Lipinski definition) is 9. The van der Waals surface area contributed by atoms with Gasteiger partial charge >= 0.3 is 0 Å². The molecular weight excluding hydrogens is 1010 g/mol. The van der Waals surface area contributed by atoms with Gasteiger partial charge in [0.15, 0.2) is 11.6 Å². The highest BCUT2D eigenvalue weighted by atomic mass is 35.5. The Morgan fingerprint density at radius 3 is 1.45 bits per heavy atom. The Balaban J connectivity index is 0.000000165. The Hall–Kier alpha value is -7.18. The van der Waals surface area contributed by atoms with Crippen LogP contribution < -0.4 is 16.4 Å². The molecule has 1 N–H and O–H groups in total. The number of aromatic nitrogens is 6.